The fourth-order valence-corrected chi connectivity index (χ4v) is 1.95. The van der Waals surface area contributed by atoms with Gasteiger partial charge in [-0.1, -0.05) is 20.8 Å². The van der Waals surface area contributed by atoms with E-state index in [1.807, 2.05) is 0 Å². The van der Waals surface area contributed by atoms with Crippen LogP contribution >= 0.6 is 0 Å². The molecule has 3 unspecified atom stereocenters. The number of nitrogens with one attached hydrogen (secondary N) is 1. The normalized spacial score (nSPS) is 36.2. The molecule has 0 aliphatic carbocycles. The minimum atomic E-state index is 0.422. The van der Waals surface area contributed by atoms with E-state index in [2.05, 4.69) is 33.0 Å². The Balaban J connectivity index is 2.49. The van der Waals surface area contributed by atoms with Gasteiger partial charge in [-0.15, -0.1) is 0 Å². The third-order valence-electron chi connectivity index (χ3n) is 3.15. The summed E-state index contributed by atoms with van der Waals surface area (Å²) in [5, 5.41) is 3.55. The van der Waals surface area contributed by atoms with E-state index in [1.165, 1.54) is 0 Å². The van der Waals surface area contributed by atoms with Gasteiger partial charge in [-0.25, -0.2) is 0 Å². The number of ether oxygens (including phenoxy) is 1. The van der Waals surface area contributed by atoms with Crippen LogP contribution in [0.15, 0.2) is 0 Å². The van der Waals surface area contributed by atoms with Crippen molar-refractivity contribution < 1.29 is 4.74 Å². The predicted octanol–water partition coefficient (Wildman–Crippen LogP) is 2.05. The van der Waals surface area contributed by atoms with Crippen LogP contribution in [0.2, 0.25) is 0 Å². The molecule has 2 nitrogen and oxygen atoms in total. The van der Waals surface area contributed by atoms with E-state index in [0.717, 1.165) is 19.6 Å². The molecular weight excluding hydrogens is 162 g/mol. The Kier molecular flexibility index (Phi) is 4.20. The lowest BCUT2D eigenvalue weighted by Gasteiger charge is -2.24. The Hall–Kier alpha value is -0.0800. The maximum absolute atomic E-state index is 5.83. The van der Waals surface area contributed by atoms with Crippen LogP contribution in [0.4, 0.5) is 0 Å². The molecule has 1 saturated heterocycles. The second-order valence-corrected chi connectivity index (χ2v) is 4.47. The first-order valence-electron chi connectivity index (χ1n) is 5.50. The van der Waals surface area contributed by atoms with Gasteiger partial charge in [0.1, 0.15) is 0 Å². The summed E-state index contributed by atoms with van der Waals surface area (Å²) in [6, 6.07) is 0.594. The molecule has 0 aromatic rings. The smallest absolute Gasteiger partial charge is 0.0697 e. The lowest BCUT2D eigenvalue weighted by Crippen LogP contribution is -2.37. The Morgan fingerprint density at radius 3 is 2.69 bits per heavy atom. The van der Waals surface area contributed by atoms with E-state index in [1.54, 1.807) is 0 Å². The van der Waals surface area contributed by atoms with Gasteiger partial charge >= 0.3 is 0 Å². The maximum atomic E-state index is 5.83. The Bertz CT molecular complexity index is 147. The zero-order valence-corrected chi connectivity index (χ0v) is 9.34. The summed E-state index contributed by atoms with van der Waals surface area (Å²) >= 11 is 0. The fraction of sp³-hybridized carbons (Fsp3) is 1.00. The van der Waals surface area contributed by atoms with Gasteiger partial charge < -0.3 is 10.1 Å². The highest BCUT2D eigenvalue weighted by Crippen LogP contribution is 2.19. The zero-order valence-electron chi connectivity index (χ0n) is 9.34. The van der Waals surface area contributed by atoms with Crippen LogP contribution < -0.4 is 5.32 Å². The molecule has 2 heteroatoms. The van der Waals surface area contributed by atoms with Crippen LogP contribution in [0.5, 0.6) is 0 Å². The van der Waals surface area contributed by atoms with Crippen molar-refractivity contribution >= 4 is 0 Å². The van der Waals surface area contributed by atoms with Gasteiger partial charge in [-0.3, -0.25) is 0 Å². The van der Waals surface area contributed by atoms with Gasteiger partial charge in [-0.05, 0) is 25.2 Å². The molecule has 78 valence electrons. The zero-order chi connectivity index (χ0) is 9.84. The largest absolute Gasteiger partial charge is 0.377 e. The molecule has 1 N–H and O–H groups in total. The van der Waals surface area contributed by atoms with Crippen LogP contribution in [0.25, 0.3) is 0 Å². The monoisotopic (exact) mass is 185 g/mol. The number of rotatable bonds is 2. The molecule has 13 heavy (non-hydrogen) atoms. The molecule has 1 aliphatic heterocycles. The average molecular weight is 185 g/mol. The van der Waals surface area contributed by atoms with Crippen LogP contribution in [0.3, 0.4) is 0 Å². The molecule has 0 saturated carbocycles. The minimum Gasteiger partial charge on any atom is -0.377 e. The lowest BCUT2D eigenvalue weighted by molar-refractivity contribution is 0.0349. The first kappa shape index (κ1) is 11.0. The van der Waals surface area contributed by atoms with Crippen molar-refractivity contribution in [3.8, 4) is 0 Å². The molecule has 0 bridgehead atoms. The highest BCUT2D eigenvalue weighted by molar-refractivity contribution is 4.79. The van der Waals surface area contributed by atoms with Gasteiger partial charge in [0.2, 0.25) is 0 Å². The van der Waals surface area contributed by atoms with Gasteiger partial charge in [0.15, 0.2) is 0 Å². The van der Waals surface area contributed by atoms with Crippen LogP contribution in [0.1, 0.15) is 34.1 Å². The van der Waals surface area contributed by atoms with Gasteiger partial charge in [0.25, 0.3) is 0 Å². The summed E-state index contributed by atoms with van der Waals surface area (Å²) in [6.07, 6.45) is 1.54. The molecule has 0 spiro atoms. The first-order chi connectivity index (χ1) is 6.15. The van der Waals surface area contributed by atoms with Crippen LogP contribution in [-0.2, 0) is 4.74 Å². The van der Waals surface area contributed by atoms with Crippen LogP contribution in [0, 0.1) is 11.8 Å². The average Bonchev–Trinajstić information content (AvgIpc) is 2.27. The van der Waals surface area contributed by atoms with Gasteiger partial charge in [-0.2, -0.15) is 0 Å². The van der Waals surface area contributed by atoms with E-state index in [-0.39, 0.29) is 0 Å². The Morgan fingerprint density at radius 1 is 1.46 bits per heavy atom. The van der Waals surface area contributed by atoms with Crippen molar-refractivity contribution in [1.82, 2.24) is 5.32 Å². The molecule has 1 rings (SSSR count). The molecule has 3 atom stereocenters. The molecule has 1 fully saturated rings. The molecule has 0 aromatic carbocycles. The standard InChI is InChI=1S/C11H23NO/c1-5-10-6-12-9(4)11(7-13-10)8(2)3/h8-12H,5-7H2,1-4H3. The molecule has 1 heterocycles. The minimum absolute atomic E-state index is 0.422. The summed E-state index contributed by atoms with van der Waals surface area (Å²) in [6.45, 7) is 10.9. The Morgan fingerprint density at radius 2 is 2.15 bits per heavy atom. The molecule has 1 aliphatic rings. The Labute approximate surface area is 82.0 Å². The van der Waals surface area contributed by atoms with Gasteiger partial charge in [0, 0.05) is 12.6 Å². The quantitative estimate of drug-likeness (QED) is 0.711. The second kappa shape index (κ2) is 4.97. The lowest BCUT2D eigenvalue weighted by atomic mass is 9.90. The van der Waals surface area contributed by atoms with Gasteiger partial charge in [0.05, 0.1) is 12.7 Å². The third kappa shape index (κ3) is 2.96. The fourth-order valence-electron chi connectivity index (χ4n) is 1.95. The topological polar surface area (TPSA) is 21.3 Å². The summed E-state index contributed by atoms with van der Waals surface area (Å²) in [5.41, 5.74) is 0. The number of hydrogen-bond acceptors (Lipinski definition) is 2. The molecular formula is C11H23NO. The summed E-state index contributed by atoms with van der Waals surface area (Å²) in [5.74, 6) is 1.37. The summed E-state index contributed by atoms with van der Waals surface area (Å²) < 4.78 is 5.83. The summed E-state index contributed by atoms with van der Waals surface area (Å²) in [7, 11) is 0. The summed E-state index contributed by atoms with van der Waals surface area (Å²) in [4.78, 5) is 0. The number of hydrogen-bond donors (Lipinski definition) is 1. The maximum Gasteiger partial charge on any atom is 0.0697 e. The van der Waals surface area contributed by atoms with E-state index in [4.69, 9.17) is 4.74 Å². The van der Waals surface area contributed by atoms with E-state index in [9.17, 15) is 0 Å². The van der Waals surface area contributed by atoms with Crippen molar-refractivity contribution in [3.63, 3.8) is 0 Å². The van der Waals surface area contributed by atoms with Crippen molar-refractivity contribution in [2.75, 3.05) is 13.2 Å². The molecule has 0 radical (unpaired) electrons. The van der Waals surface area contributed by atoms with Crippen molar-refractivity contribution in [3.05, 3.63) is 0 Å². The van der Waals surface area contributed by atoms with E-state index >= 15 is 0 Å². The van der Waals surface area contributed by atoms with Crippen molar-refractivity contribution in [1.29, 1.82) is 0 Å². The van der Waals surface area contributed by atoms with Crippen molar-refractivity contribution in [2.45, 2.75) is 46.3 Å². The second-order valence-electron chi connectivity index (χ2n) is 4.47. The SMILES string of the molecule is CCC1CNC(C)C(C(C)C)CO1. The van der Waals surface area contributed by atoms with Crippen molar-refractivity contribution in [2.24, 2.45) is 11.8 Å². The highest BCUT2D eigenvalue weighted by Gasteiger charge is 2.25. The predicted molar refractivity (Wildman–Crippen MR) is 55.8 cm³/mol. The highest BCUT2D eigenvalue weighted by atomic mass is 16.5. The van der Waals surface area contributed by atoms with Crippen LogP contribution in [-0.4, -0.2) is 25.3 Å². The first-order valence-corrected chi connectivity index (χ1v) is 5.50. The van der Waals surface area contributed by atoms with E-state index in [0.29, 0.717) is 24.0 Å². The van der Waals surface area contributed by atoms with E-state index < -0.39 is 0 Å². The molecule has 0 amide bonds. The molecule has 0 aromatic heterocycles. The third-order valence-corrected chi connectivity index (χ3v) is 3.15.